The average Bonchev–Trinajstić information content (AvgIpc) is 2.25. The Morgan fingerprint density at radius 3 is 2.38 bits per heavy atom. The van der Waals surface area contributed by atoms with Gasteiger partial charge in [-0.2, -0.15) is 0 Å². The molecule has 0 heterocycles. The van der Waals surface area contributed by atoms with Gasteiger partial charge < -0.3 is 4.90 Å². The van der Waals surface area contributed by atoms with Gasteiger partial charge in [-0.1, -0.05) is 35.0 Å². The summed E-state index contributed by atoms with van der Waals surface area (Å²) in [7, 11) is 0. The van der Waals surface area contributed by atoms with Crippen LogP contribution >= 0.6 is 15.9 Å². The minimum atomic E-state index is 0.136. The first-order valence-corrected chi connectivity index (χ1v) is 6.38. The van der Waals surface area contributed by atoms with Gasteiger partial charge >= 0.3 is 0 Å². The molecule has 0 radical (unpaired) electrons. The molecular weight excluding hydrogens is 266 g/mol. The summed E-state index contributed by atoms with van der Waals surface area (Å²) >= 11 is 3.41. The molecule has 88 valence electrons. The molecule has 0 saturated heterocycles. The minimum absolute atomic E-state index is 0.136. The van der Waals surface area contributed by atoms with Crippen LogP contribution in [0.5, 0.6) is 0 Å². The van der Waals surface area contributed by atoms with E-state index in [0.29, 0.717) is 0 Å². The van der Waals surface area contributed by atoms with Crippen LogP contribution in [0.3, 0.4) is 0 Å². The molecule has 1 aromatic carbocycles. The van der Waals surface area contributed by atoms with Gasteiger partial charge in [0.2, 0.25) is 5.91 Å². The van der Waals surface area contributed by atoms with E-state index < -0.39 is 0 Å². The minimum Gasteiger partial charge on any atom is -0.336 e. The van der Waals surface area contributed by atoms with Crippen LogP contribution in [0.25, 0.3) is 0 Å². The molecule has 0 aliphatic rings. The maximum atomic E-state index is 11.5. The lowest BCUT2D eigenvalue weighted by molar-refractivity contribution is -0.131. The quantitative estimate of drug-likeness (QED) is 0.824. The van der Waals surface area contributed by atoms with Crippen LogP contribution in [0.1, 0.15) is 38.8 Å². The largest absolute Gasteiger partial charge is 0.336 e. The fourth-order valence-corrected chi connectivity index (χ4v) is 2.05. The van der Waals surface area contributed by atoms with Gasteiger partial charge in [-0.15, -0.1) is 0 Å². The third-order valence-electron chi connectivity index (χ3n) is 2.69. The van der Waals surface area contributed by atoms with Crippen molar-refractivity contribution >= 4 is 21.8 Å². The highest BCUT2D eigenvalue weighted by Crippen LogP contribution is 2.22. The van der Waals surface area contributed by atoms with Gasteiger partial charge in [0.05, 0.1) is 6.04 Å². The van der Waals surface area contributed by atoms with Gasteiger partial charge in [0.1, 0.15) is 0 Å². The summed E-state index contributed by atoms with van der Waals surface area (Å²) in [5.41, 5.74) is 1.17. The zero-order chi connectivity index (χ0) is 12.1. The number of amides is 1. The molecule has 1 aromatic rings. The Hall–Kier alpha value is -0.830. The number of halogens is 1. The van der Waals surface area contributed by atoms with E-state index >= 15 is 0 Å². The summed E-state index contributed by atoms with van der Waals surface area (Å²) in [5.74, 6) is 0.136. The predicted molar refractivity (Wildman–Crippen MR) is 70.2 cm³/mol. The zero-order valence-corrected chi connectivity index (χ0v) is 11.6. The summed E-state index contributed by atoms with van der Waals surface area (Å²) in [6.45, 7) is 6.60. The highest BCUT2D eigenvalue weighted by molar-refractivity contribution is 9.10. The van der Waals surface area contributed by atoms with E-state index in [0.717, 1.165) is 17.4 Å². The van der Waals surface area contributed by atoms with Crippen molar-refractivity contribution in [3.63, 3.8) is 0 Å². The van der Waals surface area contributed by atoms with Gasteiger partial charge in [-0.05, 0) is 31.0 Å². The fourth-order valence-electron chi connectivity index (χ4n) is 1.79. The number of carbonyl (C=O) groups is 1. The maximum Gasteiger partial charge on any atom is 0.219 e. The van der Waals surface area contributed by atoms with Crippen LogP contribution in [0, 0.1) is 0 Å². The summed E-state index contributed by atoms with van der Waals surface area (Å²) in [4.78, 5) is 13.4. The van der Waals surface area contributed by atoms with Gasteiger partial charge in [-0.25, -0.2) is 0 Å². The van der Waals surface area contributed by atoms with Crippen molar-refractivity contribution in [2.24, 2.45) is 0 Å². The Morgan fingerprint density at radius 1 is 1.38 bits per heavy atom. The second kappa shape index (κ2) is 6.04. The van der Waals surface area contributed by atoms with E-state index in [4.69, 9.17) is 0 Å². The first-order valence-electron chi connectivity index (χ1n) is 5.59. The normalized spacial score (nSPS) is 12.2. The van der Waals surface area contributed by atoms with E-state index in [9.17, 15) is 4.79 Å². The standard InChI is InChI=1S/C13H18BrNO/c1-4-9-15(11(3)16)10(2)12-5-7-13(14)8-6-12/h5-8,10H,4,9H2,1-3H3. The van der Waals surface area contributed by atoms with Gasteiger partial charge in [-0.3, -0.25) is 4.79 Å². The lowest BCUT2D eigenvalue weighted by Crippen LogP contribution is -2.32. The second-order valence-corrected chi connectivity index (χ2v) is 4.86. The molecule has 16 heavy (non-hydrogen) atoms. The van der Waals surface area contributed by atoms with Crippen molar-refractivity contribution in [1.82, 2.24) is 4.90 Å². The number of carbonyl (C=O) groups excluding carboxylic acids is 1. The third-order valence-corrected chi connectivity index (χ3v) is 3.22. The van der Waals surface area contributed by atoms with Crippen molar-refractivity contribution in [3.05, 3.63) is 34.3 Å². The molecule has 0 N–H and O–H groups in total. The molecule has 1 atom stereocenters. The second-order valence-electron chi connectivity index (χ2n) is 3.94. The molecule has 1 unspecified atom stereocenters. The lowest BCUT2D eigenvalue weighted by atomic mass is 10.1. The van der Waals surface area contributed by atoms with Crippen LogP contribution in [0.4, 0.5) is 0 Å². The van der Waals surface area contributed by atoms with Crippen molar-refractivity contribution < 1.29 is 4.79 Å². The summed E-state index contributed by atoms with van der Waals surface area (Å²) in [5, 5.41) is 0. The number of benzene rings is 1. The zero-order valence-electron chi connectivity index (χ0n) is 10.0. The molecule has 0 aromatic heterocycles. The van der Waals surface area contributed by atoms with E-state index in [1.54, 1.807) is 6.92 Å². The predicted octanol–water partition coefficient (Wildman–Crippen LogP) is 3.77. The Morgan fingerprint density at radius 2 is 1.94 bits per heavy atom. The molecule has 0 fully saturated rings. The number of hydrogen-bond acceptors (Lipinski definition) is 1. The molecule has 1 rings (SSSR count). The molecular formula is C13H18BrNO. The van der Waals surface area contributed by atoms with Crippen LogP contribution in [0.15, 0.2) is 28.7 Å². The smallest absolute Gasteiger partial charge is 0.219 e. The number of rotatable bonds is 4. The van der Waals surface area contributed by atoms with Crippen molar-refractivity contribution in [3.8, 4) is 0 Å². The monoisotopic (exact) mass is 283 g/mol. The van der Waals surface area contributed by atoms with Crippen LogP contribution in [-0.2, 0) is 4.79 Å². The van der Waals surface area contributed by atoms with E-state index in [1.165, 1.54) is 5.56 Å². The van der Waals surface area contributed by atoms with Crippen molar-refractivity contribution in [2.45, 2.75) is 33.2 Å². The van der Waals surface area contributed by atoms with E-state index in [-0.39, 0.29) is 11.9 Å². The van der Waals surface area contributed by atoms with E-state index in [2.05, 4.69) is 41.9 Å². The Bertz CT molecular complexity index is 347. The molecule has 0 aliphatic carbocycles. The molecule has 1 amide bonds. The van der Waals surface area contributed by atoms with Crippen molar-refractivity contribution in [2.75, 3.05) is 6.54 Å². The summed E-state index contributed by atoms with van der Waals surface area (Å²) < 4.78 is 1.06. The number of nitrogens with zero attached hydrogens (tertiary/aromatic N) is 1. The summed E-state index contributed by atoms with van der Waals surface area (Å²) in [6, 6.07) is 8.28. The molecule has 2 nitrogen and oxygen atoms in total. The Kier molecular flexibility index (Phi) is 5.00. The molecule has 0 spiro atoms. The summed E-state index contributed by atoms with van der Waals surface area (Å²) in [6.07, 6.45) is 0.987. The highest BCUT2D eigenvalue weighted by Gasteiger charge is 2.16. The Balaban J connectivity index is 2.85. The van der Waals surface area contributed by atoms with Crippen LogP contribution in [0.2, 0.25) is 0 Å². The van der Waals surface area contributed by atoms with Crippen LogP contribution in [-0.4, -0.2) is 17.4 Å². The molecule has 3 heteroatoms. The van der Waals surface area contributed by atoms with Crippen molar-refractivity contribution in [1.29, 1.82) is 0 Å². The molecule has 0 aliphatic heterocycles. The maximum absolute atomic E-state index is 11.5. The number of hydrogen-bond donors (Lipinski definition) is 0. The van der Waals surface area contributed by atoms with Gasteiger partial charge in [0.15, 0.2) is 0 Å². The first kappa shape index (κ1) is 13.2. The first-order chi connectivity index (χ1) is 7.56. The highest BCUT2D eigenvalue weighted by atomic mass is 79.9. The lowest BCUT2D eigenvalue weighted by Gasteiger charge is -2.28. The van der Waals surface area contributed by atoms with Gasteiger partial charge in [0, 0.05) is 17.9 Å². The SMILES string of the molecule is CCCN(C(C)=O)C(C)c1ccc(Br)cc1. The average molecular weight is 284 g/mol. The molecule has 0 bridgehead atoms. The topological polar surface area (TPSA) is 20.3 Å². The third kappa shape index (κ3) is 3.34. The van der Waals surface area contributed by atoms with E-state index in [1.807, 2.05) is 17.0 Å². The van der Waals surface area contributed by atoms with Crippen LogP contribution < -0.4 is 0 Å². The van der Waals surface area contributed by atoms with Gasteiger partial charge in [0.25, 0.3) is 0 Å². The fraction of sp³-hybridized carbons (Fsp3) is 0.462. The molecule has 0 saturated carbocycles. The Labute approximate surface area is 106 Å².